The molecular formula is C15H24N2O3. The van der Waals surface area contributed by atoms with E-state index in [0.717, 1.165) is 18.7 Å². The molecule has 0 saturated carbocycles. The van der Waals surface area contributed by atoms with Crippen LogP contribution in [0.15, 0.2) is 11.6 Å². The molecule has 112 valence electrons. The van der Waals surface area contributed by atoms with Gasteiger partial charge >= 0.3 is 5.97 Å². The minimum atomic E-state index is -0.853. The van der Waals surface area contributed by atoms with Crippen molar-refractivity contribution >= 4 is 11.9 Å². The SMILES string of the molecule is CC1=C[C@@H](C)[C@H](C(=O)O)[C@H](C(=O)N2CCN(C)CC2)C1. The Morgan fingerprint density at radius 2 is 1.85 bits per heavy atom. The van der Waals surface area contributed by atoms with Crippen molar-refractivity contribution in [3.8, 4) is 0 Å². The highest BCUT2D eigenvalue weighted by Gasteiger charge is 2.41. The highest BCUT2D eigenvalue weighted by atomic mass is 16.4. The largest absolute Gasteiger partial charge is 0.481 e. The van der Waals surface area contributed by atoms with Crippen molar-refractivity contribution in [2.75, 3.05) is 33.2 Å². The molecule has 5 heteroatoms. The molecule has 1 N–H and O–H groups in total. The number of hydrogen-bond donors (Lipinski definition) is 1. The van der Waals surface area contributed by atoms with Gasteiger partial charge in [0.2, 0.25) is 5.91 Å². The van der Waals surface area contributed by atoms with Crippen LogP contribution in [-0.4, -0.2) is 60.0 Å². The Balaban J connectivity index is 2.14. The first-order valence-corrected chi connectivity index (χ1v) is 7.27. The van der Waals surface area contributed by atoms with E-state index < -0.39 is 17.8 Å². The average molecular weight is 280 g/mol. The van der Waals surface area contributed by atoms with E-state index in [1.807, 2.05) is 31.9 Å². The highest BCUT2D eigenvalue weighted by Crippen LogP contribution is 2.35. The molecule has 0 aromatic rings. The van der Waals surface area contributed by atoms with E-state index in [9.17, 15) is 14.7 Å². The fourth-order valence-electron chi connectivity index (χ4n) is 3.36. The molecule has 0 radical (unpaired) electrons. The first-order valence-electron chi connectivity index (χ1n) is 7.27. The number of piperazine rings is 1. The van der Waals surface area contributed by atoms with Crippen molar-refractivity contribution in [2.45, 2.75) is 20.3 Å². The highest BCUT2D eigenvalue weighted by molar-refractivity contribution is 5.85. The van der Waals surface area contributed by atoms with Crippen molar-refractivity contribution in [1.29, 1.82) is 0 Å². The van der Waals surface area contributed by atoms with Crippen LogP contribution in [0.1, 0.15) is 20.3 Å². The molecule has 3 atom stereocenters. The molecular weight excluding hydrogens is 256 g/mol. The summed E-state index contributed by atoms with van der Waals surface area (Å²) in [6.07, 6.45) is 2.57. The van der Waals surface area contributed by atoms with Gasteiger partial charge in [-0.15, -0.1) is 0 Å². The van der Waals surface area contributed by atoms with Crippen molar-refractivity contribution < 1.29 is 14.7 Å². The fraction of sp³-hybridized carbons (Fsp3) is 0.733. The summed E-state index contributed by atoms with van der Waals surface area (Å²) in [5.41, 5.74) is 1.13. The lowest BCUT2D eigenvalue weighted by Crippen LogP contribution is -2.51. The zero-order valence-corrected chi connectivity index (χ0v) is 12.5. The number of allylic oxidation sites excluding steroid dienone is 2. The second-order valence-corrected chi connectivity index (χ2v) is 6.18. The molecule has 1 heterocycles. The molecule has 1 amide bonds. The average Bonchev–Trinajstić information content (AvgIpc) is 2.37. The van der Waals surface area contributed by atoms with Gasteiger partial charge in [-0.2, -0.15) is 0 Å². The second-order valence-electron chi connectivity index (χ2n) is 6.18. The topological polar surface area (TPSA) is 60.9 Å². The molecule has 2 aliphatic rings. The summed E-state index contributed by atoms with van der Waals surface area (Å²) in [6.45, 7) is 7.01. The maximum Gasteiger partial charge on any atom is 0.307 e. The maximum atomic E-state index is 12.7. The minimum absolute atomic E-state index is 0.0183. The van der Waals surface area contributed by atoms with Crippen LogP contribution in [0, 0.1) is 17.8 Å². The number of hydrogen-bond acceptors (Lipinski definition) is 3. The Morgan fingerprint density at radius 3 is 2.40 bits per heavy atom. The lowest BCUT2D eigenvalue weighted by atomic mass is 9.73. The lowest BCUT2D eigenvalue weighted by Gasteiger charge is -2.38. The van der Waals surface area contributed by atoms with E-state index in [-0.39, 0.29) is 11.8 Å². The summed E-state index contributed by atoms with van der Waals surface area (Å²) in [7, 11) is 2.04. The summed E-state index contributed by atoms with van der Waals surface area (Å²) in [6, 6.07) is 0. The monoisotopic (exact) mass is 280 g/mol. The molecule has 0 bridgehead atoms. The van der Waals surface area contributed by atoms with Crippen molar-refractivity contribution in [3.63, 3.8) is 0 Å². The van der Waals surface area contributed by atoms with E-state index in [0.29, 0.717) is 19.5 Å². The molecule has 0 aromatic carbocycles. The van der Waals surface area contributed by atoms with Crippen LogP contribution in [0.25, 0.3) is 0 Å². The number of aliphatic carboxylic acids is 1. The van der Waals surface area contributed by atoms with Crippen LogP contribution in [0.2, 0.25) is 0 Å². The number of likely N-dealkylation sites (N-methyl/N-ethyl adjacent to an activating group) is 1. The number of carboxylic acid groups (broad SMARTS) is 1. The Hall–Kier alpha value is -1.36. The minimum Gasteiger partial charge on any atom is -0.481 e. The van der Waals surface area contributed by atoms with Crippen molar-refractivity contribution in [2.24, 2.45) is 17.8 Å². The summed E-state index contributed by atoms with van der Waals surface area (Å²) in [5.74, 6) is -1.91. The van der Waals surface area contributed by atoms with E-state index in [1.54, 1.807) is 0 Å². The molecule has 2 rings (SSSR count). The first kappa shape index (κ1) is 15.0. The van der Waals surface area contributed by atoms with Crippen molar-refractivity contribution in [3.05, 3.63) is 11.6 Å². The third-order valence-electron chi connectivity index (χ3n) is 4.51. The zero-order chi connectivity index (χ0) is 14.9. The standard InChI is InChI=1S/C15H24N2O3/c1-10-8-11(2)13(15(19)20)12(9-10)14(18)17-6-4-16(3)5-7-17/h8,11-13H,4-7,9H2,1-3H3,(H,19,20)/t11-,12-,13+/m1/s1. The lowest BCUT2D eigenvalue weighted by molar-refractivity contribution is -0.153. The molecule has 1 fully saturated rings. The Kier molecular flexibility index (Phi) is 4.48. The van der Waals surface area contributed by atoms with Gasteiger partial charge in [0, 0.05) is 26.2 Å². The smallest absolute Gasteiger partial charge is 0.307 e. The van der Waals surface area contributed by atoms with E-state index in [4.69, 9.17) is 0 Å². The molecule has 5 nitrogen and oxygen atoms in total. The summed E-state index contributed by atoms with van der Waals surface area (Å²) in [5, 5.41) is 9.45. The Bertz CT molecular complexity index is 425. The molecule has 20 heavy (non-hydrogen) atoms. The number of carbonyl (C=O) groups is 2. The third-order valence-corrected chi connectivity index (χ3v) is 4.51. The summed E-state index contributed by atoms with van der Waals surface area (Å²) < 4.78 is 0. The fourth-order valence-corrected chi connectivity index (χ4v) is 3.36. The van der Waals surface area contributed by atoms with Gasteiger partial charge in [-0.3, -0.25) is 9.59 Å². The molecule has 1 aliphatic heterocycles. The number of carboxylic acids is 1. The predicted molar refractivity (Wildman–Crippen MR) is 76.2 cm³/mol. The number of rotatable bonds is 2. The third kappa shape index (κ3) is 3.03. The van der Waals surface area contributed by atoms with E-state index in [1.165, 1.54) is 0 Å². The van der Waals surface area contributed by atoms with E-state index >= 15 is 0 Å². The summed E-state index contributed by atoms with van der Waals surface area (Å²) in [4.78, 5) is 28.2. The first-order chi connectivity index (χ1) is 9.40. The molecule has 1 saturated heterocycles. The normalized spacial score (nSPS) is 31.9. The molecule has 0 aromatic heterocycles. The molecule has 1 aliphatic carbocycles. The quantitative estimate of drug-likeness (QED) is 0.769. The molecule has 0 spiro atoms. The van der Waals surface area contributed by atoms with Crippen LogP contribution < -0.4 is 0 Å². The zero-order valence-electron chi connectivity index (χ0n) is 12.5. The number of amides is 1. The van der Waals surface area contributed by atoms with Crippen molar-refractivity contribution in [1.82, 2.24) is 9.80 Å². The van der Waals surface area contributed by atoms with Gasteiger partial charge in [-0.25, -0.2) is 0 Å². The predicted octanol–water partition coefficient (Wildman–Crippen LogP) is 1.06. The van der Waals surface area contributed by atoms with Crippen LogP contribution >= 0.6 is 0 Å². The van der Waals surface area contributed by atoms with Crippen LogP contribution in [0.4, 0.5) is 0 Å². The van der Waals surface area contributed by atoms with Crippen LogP contribution in [0.5, 0.6) is 0 Å². The van der Waals surface area contributed by atoms with Gasteiger partial charge in [0.05, 0.1) is 11.8 Å². The van der Waals surface area contributed by atoms with Crippen LogP contribution in [0.3, 0.4) is 0 Å². The second kappa shape index (κ2) is 5.95. The number of nitrogens with zero attached hydrogens (tertiary/aromatic N) is 2. The van der Waals surface area contributed by atoms with Gasteiger partial charge in [-0.05, 0) is 26.3 Å². The van der Waals surface area contributed by atoms with Crippen LogP contribution in [-0.2, 0) is 9.59 Å². The van der Waals surface area contributed by atoms with Gasteiger partial charge < -0.3 is 14.9 Å². The number of carbonyl (C=O) groups excluding carboxylic acids is 1. The summed E-state index contributed by atoms with van der Waals surface area (Å²) >= 11 is 0. The van der Waals surface area contributed by atoms with Gasteiger partial charge in [0.15, 0.2) is 0 Å². The van der Waals surface area contributed by atoms with Gasteiger partial charge in [-0.1, -0.05) is 18.6 Å². The maximum absolute atomic E-state index is 12.7. The Morgan fingerprint density at radius 1 is 1.25 bits per heavy atom. The molecule has 0 unspecified atom stereocenters. The van der Waals surface area contributed by atoms with Gasteiger partial charge in [0.25, 0.3) is 0 Å². The van der Waals surface area contributed by atoms with Gasteiger partial charge in [0.1, 0.15) is 0 Å². The van der Waals surface area contributed by atoms with E-state index in [2.05, 4.69) is 4.90 Å². The Labute approximate surface area is 120 Å².